The van der Waals surface area contributed by atoms with Gasteiger partial charge in [0.05, 0.1) is 6.61 Å². The number of amides is 2. The van der Waals surface area contributed by atoms with Gasteiger partial charge >= 0.3 is 12.0 Å². The van der Waals surface area contributed by atoms with Gasteiger partial charge in [-0.2, -0.15) is 0 Å². The van der Waals surface area contributed by atoms with Crippen molar-refractivity contribution in [3.05, 3.63) is 78.4 Å². The number of urea groups is 1. The van der Waals surface area contributed by atoms with E-state index in [9.17, 15) is 9.59 Å². The summed E-state index contributed by atoms with van der Waals surface area (Å²) in [5.74, 6) is -0.00793. The van der Waals surface area contributed by atoms with E-state index < -0.39 is 5.97 Å². The van der Waals surface area contributed by atoms with Crippen LogP contribution in [0.25, 0.3) is 11.1 Å². The van der Waals surface area contributed by atoms with E-state index in [-0.39, 0.29) is 12.5 Å². The first-order valence-electron chi connectivity index (χ1n) is 11.7. The first-order valence-corrected chi connectivity index (χ1v) is 11.7. The van der Waals surface area contributed by atoms with Crippen LogP contribution in [0, 0.1) is 0 Å². The van der Waals surface area contributed by atoms with Gasteiger partial charge in [0.2, 0.25) is 0 Å². The largest absolute Gasteiger partial charge is 0.494 e. The van der Waals surface area contributed by atoms with E-state index in [0.29, 0.717) is 25.3 Å². The van der Waals surface area contributed by atoms with E-state index in [4.69, 9.17) is 9.84 Å². The maximum atomic E-state index is 13.0. The molecule has 0 spiro atoms. The Morgan fingerprint density at radius 2 is 1.68 bits per heavy atom. The number of aliphatic carboxylic acids is 1. The molecule has 0 bridgehead atoms. The Bertz CT molecular complexity index is 1080. The standard InChI is InChI=1S/C28H32N2O4/c1-3-5-19-34-26-16-14-24(15-17-26)29-28(33)30(4-2)25-8-6-7-23(20-25)22-12-9-21(10-13-22)11-18-27(31)32/h6-10,12-17,20H,3-5,11,18-19H2,1-2H3,(H,29,33)(H,31,32). The highest BCUT2D eigenvalue weighted by Gasteiger charge is 2.15. The minimum absolute atomic E-state index is 0.115. The van der Waals surface area contributed by atoms with Crippen molar-refractivity contribution >= 4 is 23.4 Å². The molecule has 0 atom stereocenters. The molecule has 178 valence electrons. The lowest BCUT2D eigenvalue weighted by atomic mass is 10.0. The van der Waals surface area contributed by atoms with Gasteiger partial charge in [-0.25, -0.2) is 4.79 Å². The molecule has 0 fully saturated rings. The molecule has 0 aliphatic carbocycles. The predicted molar refractivity (Wildman–Crippen MR) is 137 cm³/mol. The fraction of sp³-hybridized carbons (Fsp3) is 0.286. The summed E-state index contributed by atoms with van der Waals surface area (Å²) >= 11 is 0. The number of ether oxygens (including phenoxy) is 1. The summed E-state index contributed by atoms with van der Waals surface area (Å²) in [5.41, 5.74) is 4.49. The number of anilines is 2. The summed E-state index contributed by atoms with van der Waals surface area (Å²) in [7, 11) is 0. The molecule has 2 N–H and O–H groups in total. The molecule has 0 heterocycles. The quantitative estimate of drug-likeness (QED) is 0.316. The van der Waals surface area contributed by atoms with Gasteiger partial charge < -0.3 is 15.2 Å². The first-order chi connectivity index (χ1) is 16.5. The Balaban J connectivity index is 1.67. The number of hydrogen-bond acceptors (Lipinski definition) is 3. The molecule has 34 heavy (non-hydrogen) atoms. The molecular weight excluding hydrogens is 428 g/mol. The third kappa shape index (κ3) is 7.10. The number of nitrogens with one attached hydrogen (secondary N) is 1. The summed E-state index contributed by atoms with van der Waals surface area (Å²) in [6, 6.07) is 22.9. The maximum Gasteiger partial charge on any atom is 0.326 e. The smallest absolute Gasteiger partial charge is 0.326 e. The van der Waals surface area contributed by atoms with Crippen LogP contribution in [0.3, 0.4) is 0 Å². The summed E-state index contributed by atoms with van der Waals surface area (Å²) in [6.07, 6.45) is 2.72. The number of unbranched alkanes of at least 4 members (excludes halogenated alkanes) is 1. The lowest BCUT2D eigenvalue weighted by molar-refractivity contribution is -0.136. The summed E-state index contributed by atoms with van der Waals surface area (Å²) < 4.78 is 5.68. The van der Waals surface area contributed by atoms with E-state index in [1.165, 1.54) is 0 Å². The Kier molecular flexibility index (Phi) is 9.09. The van der Waals surface area contributed by atoms with Crippen LogP contribution in [0.15, 0.2) is 72.8 Å². The second-order valence-corrected chi connectivity index (χ2v) is 8.04. The average Bonchev–Trinajstić information content (AvgIpc) is 2.85. The minimum Gasteiger partial charge on any atom is -0.494 e. The molecule has 0 unspecified atom stereocenters. The van der Waals surface area contributed by atoms with Gasteiger partial charge in [-0.1, -0.05) is 49.7 Å². The fourth-order valence-corrected chi connectivity index (χ4v) is 3.57. The number of carbonyl (C=O) groups is 2. The van der Waals surface area contributed by atoms with Crippen molar-refractivity contribution in [2.45, 2.75) is 39.5 Å². The zero-order chi connectivity index (χ0) is 24.3. The molecule has 6 nitrogen and oxygen atoms in total. The molecule has 0 aliphatic rings. The highest BCUT2D eigenvalue weighted by atomic mass is 16.5. The molecular formula is C28H32N2O4. The summed E-state index contributed by atoms with van der Waals surface area (Å²) in [5, 5.41) is 11.8. The highest BCUT2D eigenvalue weighted by Crippen LogP contribution is 2.26. The molecule has 6 heteroatoms. The zero-order valence-corrected chi connectivity index (χ0v) is 19.8. The van der Waals surface area contributed by atoms with Gasteiger partial charge in [0.25, 0.3) is 0 Å². The average molecular weight is 461 g/mol. The van der Waals surface area contributed by atoms with Gasteiger partial charge in [-0.15, -0.1) is 0 Å². The predicted octanol–water partition coefficient (Wildman–Crippen LogP) is 6.61. The number of carboxylic acid groups (broad SMARTS) is 1. The Morgan fingerprint density at radius 1 is 0.941 bits per heavy atom. The van der Waals surface area contributed by atoms with Crippen molar-refractivity contribution in [2.24, 2.45) is 0 Å². The van der Waals surface area contributed by atoms with Gasteiger partial charge in [0, 0.05) is 24.3 Å². The second-order valence-electron chi connectivity index (χ2n) is 8.04. The van der Waals surface area contributed by atoms with Gasteiger partial charge in [0.1, 0.15) is 5.75 Å². The van der Waals surface area contributed by atoms with Crippen molar-refractivity contribution in [1.82, 2.24) is 0 Å². The molecule has 0 saturated carbocycles. The van der Waals surface area contributed by atoms with E-state index in [1.54, 1.807) is 4.90 Å². The van der Waals surface area contributed by atoms with Crippen molar-refractivity contribution in [2.75, 3.05) is 23.4 Å². The topological polar surface area (TPSA) is 78.9 Å². The van der Waals surface area contributed by atoms with Crippen LogP contribution in [0.1, 0.15) is 38.7 Å². The lowest BCUT2D eigenvalue weighted by Crippen LogP contribution is -2.34. The number of aryl methyl sites for hydroxylation is 1. The van der Waals surface area contributed by atoms with Crippen molar-refractivity contribution < 1.29 is 19.4 Å². The van der Waals surface area contributed by atoms with E-state index in [2.05, 4.69) is 12.2 Å². The van der Waals surface area contributed by atoms with Crippen LogP contribution in [0.2, 0.25) is 0 Å². The van der Waals surface area contributed by atoms with Gasteiger partial charge in [0.15, 0.2) is 0 Å². The summed E-state index contributed by atoms with van der Waals surface area (Å²) in [4.78, 5) is 25.5. The number of hydrogen-bond donors (Lipinski definition) is 2. The molecule has 0 radical (unpaired) electrons. The Labute approximate surface area is 201 Å². The second kappa shape index (κ2) is 12.4. The normalized spacial score (nSPS) is 10.5. The zero-order valence-electron chi connectivity index (χ0n) is 19.8. The third-order valence-electron chi connectivity index (χ3n) is 5.51. The number of rotatable bonds is 11. The number of carboxylic acids is 1. The SMILES string of the molecule is CCCCOc1ccc(NC(=O)N(CC)c2cccc(-c3ccc(CCC(=O)O)cc3)c2)cc1. The number of nitrogens with zero attached hydrogens (tertiary/aromatic N) is 1. The number of benzene rings is 3. The number of carbonyl (C=O) groups excluding carboxylic acids is 1. The van der Waals surface area contributed by atoms with Crippen LogP contribution >= 0.6 is 0 Å². The molecule has 3 aromatic rings. The van der Waals surface area contributed by atoms with Crippen LogP contribution < -0.4 is 15.0 Å². The van der Waals surface area contributed by atoms with Crippen LogP contribution in [-0.4, -0.2) is 30.3 Å². The Morgan fingerprint density at radius 3 is 2.32 bits per heavy atom. The van der Waals surface area contributed by atoms with Crippen molar-refractivity contribution in [1.29, 1.82) is 0 Å². The molecule has 2 amide bonds. The van der Waals surface area contributed by atoms with Gasteiger partial charge in [-0.05, 0) is 72.9 Å². The molecule has 3 rings (SSSR count). The first kappa shape index (κ1) is 24.8. The van der Waals surface area contributed by atoms with E-state index >= 15 is 0 Å². The lowest BCUT2D eigenvalue weighted by Gasteiger charge is -2.22. The van der Waals surface area contributed by atoms with Crippen LogP contribution in [0.4, 0.5) is 16.2 Å². The van der Waals surface area contributed by atoms with E-state index in [1.807, 2.05) is 79.7 Å². The molecule has 0 aliphatic heterocycles. The minimum atomic E-state index is -0.800. The van der Waals surface area contributed by atoms with Crippen molar-refractivity contribution in [3.63, 3.8) is 0 Å². The van der Waals surface area contributed by atoms with E-state index in [0.717, 1.165) is 41.0 Å². The monoisotopic (exact) mass is 460 g/mol. The molecule has 3 aromatic carbocycles. The fourth-order valence-electron chi connectivity index (χ4n) is 3.57. The molecule has 0 saturated heterocycles. The van der Waals surface area contributed by atoms with Crippen LogP contribution in [0.5, 0.6) is 5.75 Å². The molecule has 0 aromatic heterocycles. The Hall–Kier alpha value is -3.80. The summed E-state index contributed by atoms with van der Waals surface area (Å²) in [6.45, 7) is 5.26. The van der Waals surface area contributed by atoms with Crippen LogP contribution in [-0.2, 0) is 11.2 Å². The van der Waals surface area contributed by atoms with Crippen molar-refractivity contribution in [3.8, 4) is 16.9 Å². The maximum absolute atomic E-state index is 13.0. The van der Waals surface area contributed by atoms with Gasteiger partial charge in [-0.3, -0.25) is 9.69 Å². The third-order valence-corrected chi connectivity index (χ3v) is 5.51. The highest BCUT2D eigenvalue weighted by molar-refractivity contribution is 6.02.